The molecule has 3 rings (SSSR count). The van der Waals surface area contributed by atoms with Gasteiger partial charge in [-0.3, -0.25) is 0 Å². The highest BCUT2D eigenvalue weighted by molar-refractivity contribution is 7.59. The molecular weight excluding hydrogens is 449 g/mol. The summed E-state index contributed by atoms with van der Waals surface area (Å²) < 4.78 is 18.8. The first kappa shape index (κ1) is 29.2. The highest BCUT2D eigenvalue weighted by atomic mass is 32.1. The normalized spacial score (nSPS) is 11.4. The smallest absolute Gasteiger partial charge is 0.339 e. The maximum absolute atomic E-state index is 13.6. The van der Waals surface area contributed by atoms with Crippen LogP contribution < -0.4 is 5.73 Å². The second-order valence-electron chi connectivity index (χ2n) is 6.62. The SMILES string of the molecule is CC(OC(=O)c1ccccc1C(=O)O)c1ccccc1F.C[C@H](N)c1ccccc1.S.S. The molecule has 8 heteroatoms. The Morgan fingerprint density at radius 3 is 1.84 bits per heavy atom. The van der Waals surface area contributed by atoms with E-state index < -0.39 is 23.9 Å². The molecule has 5 nitrogen and oxygen atoms in total. The number of hydrogen-bond acceptors (Lipinski definition) is 4. The largest absolute Gasteiger partial charge is 0.478 e. The molecule has 0 saturated heterocycles. The first-order valence-corrected chi connectivity index (χ1v) is 9.39. The van der Waals surface area contributed by atoms with Crippen molar-refractivity contribution < 1.29 is 23.8 Å². The number of carboxylic acid groups (broad SMARTS) is 1. The quantitative estimate of drug-likeness (QED) is 0.482. The fourth-order valence-electron chi connectivity index (χ4n) is 2.70. The van der Waals surface area contributed by atoms with Gasteiger partial charge in [0, 0.05) is 11.6 Å². The molecule has 0 amide bonds. The number of carbonyl (C=O) groups excluding carboxylic acids is 1. The number of benzene rings is 3. The van der Waals surface area contributed by atoms with Crippen LogP contribution in [-0.2, 0) is 4.74 Å². The molecule has 1 unspecified atom stereocenters. The fourth-order valence-corrected chi connectivity index (χ4v) is 2.70. The van der Waals surface area contributed by atoms with E-state index >= 15 is 0 Å². The van der Waals surface area contributed by atoms with Crippen molar-refractivity contribution >= 4 is 38.9 Å². The summed E-state index contributed by atoms with van der Waals surface area (Å²) in [5, 5.41) is 9.04. The van der Waals surface area contributed by atoms with Gasteiger partial charge in [0.25, 0.3) is 0 Å². The zero-order valence-corrected chi connectivity index (χ0v) is 19.8. The van der Waals surface area contributed by atoms with Gasteiger partial charge < -0.3 is 15.6 Å². The van der Waals surface area contributed by atoms with Crippen molar-refractivity contribution in [1.82, 2.24) is 0 Å². The van der Waals surface area contributed by atoms with Crippen LogP contribution in [0.5, 0.6) is 0 Å². The molecule has 172 valence electrons. The average molecular weight is 478 g/mol. The lowest BCUT2D eigenvalue weighted by Crippen LogP contribution is -2.14. The van der Waals surface area contributed by atoms with Crippen LogP contribution in [0.1, 0.15) is 57.8 Å². The van der Waals surface area contributed by atoms with Crippen LogP contribution in [0.3, 0.4) is 0 Å². The van der Waals surface area contributed by atoms with E-state index in [1.165, 1.54) is 55.0 Å². The van der Waals surface area contributed by atoms with Crippen LogP contribution in [0.15, 0.2) is 78.9 Å². The van der Waals surface area contributed by atoms with Crippen LogP contribution in [-0.4, -0.2) is 17.0 Å². The van der Waals surface area contributed by atoms with Crippen molar-refractivity contribution in [3.63, 3.8) is 0 Å². The number of carboxylic acids is 1. The third-order valence-electron chi connectivity index (χ3n) is 4.33. The highest BCUT2D eigenvalue weighted by Gasteiger charge is 2.21. The number of rotatable bonds is 5. The van der Waals surface area contributed by atoms with E-state index in [0.717, 1.165) is 0 Å². The van der Waals surface area contributed by atoms with Gasteiger partial charge in [0.05, 0.1) is 11.1 Å². The molecule has 0 heterocycles. The molecule has 0 aliphatic rings. The van der Waals surface area contributed by atoms with Crippen molar-refractivity contribution in [2.45, 2.75) is 26.0 Å². The molecule has 0 radical (unpaired) electrons. The van der Waals surface area contributed by atoms with Crippen molar-refractivity contribution in [3.05, 3.63) is 107 Å². The third-order valence-corrected chi connectivity index (χ3v) is 4.33. The lowest BCUT2D eigenvalue weighted by atomic mass is 10.1. The molecule has 0 aliphatic heterocycles. The van der Waals surface area contributed by atoms with Crippen LogP contribution in [0.2, 0.25) is 0 Å². The van der Waals surface area contributed by atoms with E-state index in [9.17, 15) is 14.0 Å². The summed E-state index contributed by atoms with van der Waals surface area (Å²) in [5.74, 6) is -2.51. The number of nitrogens with two attached hydrogens (primary N) is 1. The lowest BCUT2D eigenvalue weighted by Gasteiger charge is -2.15. The van der Waals surface area contributed by atoms with Gasteiger partial charge in [0.15, 0.2) is 0 Å². The standard InChI is InChI=1S/C16H13FO4.C8H11N.2H2S/c1-10(11-6-4-5-9-14(11)17)21-16(20)13-8-3-2-7-12(13)15(18)19;1-7(9)8-5-3-2-4-6-8;;/h2-10H,1H3,(H,18,19);2-7H,9H2,1H3;2*1H2/t;7-;;/m.0../s1. The Kier molecular flexibility index (Phi) is 13.0. The zero-order valence-electron chi connectivity index (χ0n) is 17.8. The Labute approximate surface area is 201 Å². The van der Waals surface area contributed by atoms with E-state index in [0.29, 0.717) is 0 Å². The van der Waals surface area contributed by atoms with Crippen molar-refractivity contribution in [2.75, 3.05) is 0 Å². The van der Waals surface area contributed by atoms with Crippen molar-refractivity contribution in [1.29, 1.82) is 0 Å². The molecule has 3 aromatic carbocycles. The molecule has 0 aromatic heterocycles. The summed E-state index contributed by atoms with van der Waals surface area (Å²) in [5.41, 5.74) is 6.83. The van der Waals surface area contributed by atoms with E-state index in [-0.39, 0.29) is 49.7 Å². The van der Waals surface area contributed by atoms with E-state index in [1.807, 2.05) is 37.3 Å². The van der Waals surface area contributed by atoms with Gasteiger partial charge in [-0.1, -0.05) is 60.7 Å². The Balaban J connectivity index is 0.000000741. The first-order valence-electron chi connectivity index (χ1n) is 9.39. The van der Waals surface area contributed by atoms with Crippen molar-refractivity contribution in [2.24, 2.45) is 5.73 Å². The molecule has 0 bridgehead atoms. The summed E-state index contributed by atoms with van der Waals surface area (Å²) in [6, 6.07) is 21.9. The fraction of sp³-hybridized carbons (Fsp3) is 0.167. The Bertz CT molecular complexity index is 1000. The molecule has 0 aliphatic carbocycles. The van der Waals surface area contributed by atoms with Crippen LogP contribution in [0.25, 0.3) is 0 Å². The molecular formula is C24H28FNO4S2. The number of carbonyl (C=O) groups is 2. The number of aromatic carboxylic acids is 1. The van der Waals surface area contributed by atoms with E-state index in [4.69, 9.17) is 15.6 Å². The number of halogens is 1. The van der Waals surface area contributed by atoms with Crippen LogP contribution >= 0.6 is 27.0 Å². The second kappa shape index (κ2) is 14.3. The monoisotopic (exact) mass is 477 g/mol. The highest BCUT2D eigenvalue weighted by Crippen LogP contribution is 2.22. The van der Waals surface area contributed by atoms with E-state index in [2.05, 4.69) is 0 Å². The molecule has 0 spiro atoms. The molecule has 0 fully saturated rings. The predicted octanol–water partition coefficient (Wildman–Crippen LogP) is 5.37. The minimum Gasteiger partial charge on any atom is -0.478 e. The molecule has 3 N–H and O–H groups in total. The summed E-state index contributed by atoms with van der Waals surface area (Å²) in [6.45, 7) is 3.51. The van der Waals surface area contributed by atoms with Crippen LogP contribution in [0.4, 0.5) is 4.39 Å². The molecule has 2 atom stereocenters. The average Bonchev–Trinajstić information content (AvgIpc) is 2.75. The second-order valence-corrected chi connectivity index (χ2v) is 6.62. The van der Waals surface area contributed by atoms with Crippen molar-refractivity contribution in [3.8, 4) is 0 Å². The summed E-state index contributed by atoms with van der Waals surface area (Å²) in [6.07, 6.45) is -0.819. The first-order chi connectivity index (χ1) is 14.3. The van der Waals surface area contributed by atoms with Gasteiger partial charge in [-0.15, -0.1) is 0 Å². The molecule has 0 saturated carbocycles. The Morgan fingerprint density at radius 1 is 0.844 bits per heavy atom. The summed E-state index contributed by atoms with van der Waals surface area (Å²) in [7, 11) is 0. The Hall–Kier alpha value is -2.81. The number of hydrogen-bond donors (Lipinski definition) is 2. The van der Waals surface area contributed by atoms with Gasteiger partial charge in [-0.2, -0.15) is 27.0 Å². The zero-order chi connectivity index (χ0) is 22.1. The van der Waals surface area contributed by atoms with Gasteiger partial charge in [0.2, 0.25) is 0 Å². The maximum atomic E-state index is 13.6. The maximum Gasteiger partial charge on any atom is 0.339 e. The number of esters is 1. The van der Waals surface area contributed by atoms with Gasteiger partial charge >= 0.3 is 11.9 Å². The summed E-state index contributed by atoms with van der Waals surface area (Å²) in [4.78, 5) is 23.1. The predicted molar refractivity (Wildman–Crippen MR) is 133 cm³/mol. The lowest BCUT2D eigenvalue weighted by molar-refractivity contribution is 0.0325. The third kappa shape index (κ3) is 8.37. The van der Waals surface area contributed by atoms with Gasteiger partial charge in [-0.25, -0.2) is 14.0 Å². The van der Waals surface area contributed by atoms with Crippen LogP contribution in [0, 0.1) is 5.82 Å². The minimum absolute atomic E-state index is 0. The topological polar surface area (TPSA) is 89.6 Å². The summed E-state index contributed by atoms with van der Waals surface area (Å²) >= 11 is 0. The van der Waals surface area contributed by atoms with E-state index in [1.54, 1.807) is 6.07 Å². The van der Waals surface area contributed by atoms with Gasteiger partial charge in [-0.05, 0) is 37.6 Å². The minimum atomic E-state index is -1.22. The molecule has 3 aromatic rings. The molecule has 32 heavy (non-hydrogen) atoms. The Morgan fingerprint density at radius 2 is 1.34 bits per heavy atom. The van der Waals surface area contributed by atoms with Gasteiger partial charge in [0.1, 0.15) is 11.9 Å². The number of ether oxygens (including phenoxy) is 1.